The summed E-state index contributed by atoms with van der Waals surface area (Å²) in [5.41, 5.74) is 1.25. The fourth-order valence-corrected chi connectivity index (χ4v) is 5.33. The third-order valence-electron chi connectivity index (χ3n) is 7.99. The first-order chi connectivity index (χ1) is 22.6. The summed E-state index contributed by atoms with van der Waals surface area (Å²) < 4.78 is 48.8. The van der Waals surface area contributed by atoms with E-state index in [0.29, 0.717) is 35.8 Å². The Morgan fingerprint density at radius 3 is 2.62 bits per heavy atom. The average molecular weight is 649 g/mol. The van der Waals surface area contributed by atoms with Gasteiger partial charge in [-0.1, -0.05) is 12.0 Å². The van der Waals surface area contributed by atoms with Crippen LogP contribution in [0.4, 0.5) is 24.7 Å². The lowest BCUT2D eigenvalue weighted by Gasteiger charge is -2.33. The number of benzene rings is 1. The molecule has 1 aliphatic heterocycles. The predicted molar refractivity (Wildman–Crippen MR) is 174 cm³/mol. The quantitative estimate of drug-likeness (QED) is 0.170. The zero-order chi connectivity index (χ0) is 33.4. The van der Waals surface area contributed by atoms with Gasteiger partial charge < -0.3 is 20.3 Å². The van der Waals surface area contributed by atoms with Crippen LogP contribution in [0.3, 0.4) is 0 Å². The molecule has 0 saturated carbocycles. The Kier molecular flexibility index (Phi) is 11.1. The van der Waals surface area contributed by atoms with Gasteiger partial charge in [-0.25, -0.2) is 9.50 Å². The summed E-state index contributed by atoms with van der Waals surface area (Å²) >= 11 is 0. The molecule has 1 aliphatic rings. The molecule has 10 nitrogen and oxygen atoms in total. The summed E-state index contributed by atoms with van der Waals surface area (Å²) in [5.74, 6) is 6.13. The van der Waals surface area contributed by atoms with E-state index in [1.54, 1.807) is 17.8 Å². The van der Waals surface area contributed by atoms with Crippen molar-refractivity contribution in [2.75, 3.05) is 57.6 Å². The molecule has 248 valence electrons. The second kappa shape index (κ2) is 15.4. The molecule has 1 fully saturated rings. The minimum absolute atomic E-state index is 0.0476. The van der Waals surface area contributed by atoms with Crippen LogP contribution in [0.15, 0.2) is 55.0 Å². The van der Waals surface area contributed by atoms with Gasteiger partial charge >= 0.3 is 6.18 Å². The van der Waals surface area contributed by atoms with Gasteiger partial charge in [0.2, 0.25) is 0 Å². The first kappa shape index (κ1) is 33.8. The van der Waals surface area contributed by atoms with Crippen LogP contribution < -0.4 is 10.6 Å². The number of anilines is 2. The molecule has 0 aliphatic carbocycles. The van der Waals surface area contributed by atoms with Crippen molar-refractivity contribution in [3.63, 3.8) is 0 Å². The number of imidazole rings is 1. The number of halogens is 3. The van der Waals surface area contributed by atoms with Gasteiger partial charge in [0, 0.05) is 76.1 Å². The number of carbonyl (C=O) groups excluding carboxylic acids is 1. The number of nitrogens with one attached hydrogen (secondary N) is 2. The van der Waals surface area contributed by atoms with Crippen LogP contribution in [0.5, 0.6) is 0 Å². The molecule has 0 bridgehead atoms. The maximum atomic E-state index is 14.0. The Morgan fingerprint density at radius 1 is 1.04 bits per heavy atom. The molecule has 0 radical (unpaired) electrons. The van der Waals surface area contributed by atoms with Crippen LogP contribution >= 0.6 is 0 Å². The lowest BCUT2D eigenvalue weighted by Crippen LogP contribution is -2.44. The Hall–Kier alpha value is -4.51. The number of hydrogen-bond donors (Lipinski definition) is 2. The van der Waals surface area contributed by atoms with Crippen molar-refractivity contribution in [3.05, 3.63) is 82.9 Å². The molecule has 13 heteroatoms. The number of likely N-dealkylation sites (N-methyl/N-ethyl adjacent to an activating group) is 1. The second-order valence-corrected chi connectivity index (χ2v) is 11.8. The van der Waals surface area contributed by atoms with Crippen LogP contribution in [0.25, 0.3) is 5.65 Å². The van der Waals surface area contributed by atoms with E-state index in [1.807, 2.05) is 24.1 Å². The number of hydrogen-bond acceptors (Lipinski definition) is 8. The zero-order valence-corrected chi connectivity index (χ0v) is 26.8. The highest BCUT2D eigenvalue weighted by atomic mass is 19.4. The van der Waals surface area contributed by atoms with Gasteiger partial charge in [0.1, 0.15) is 11.5 Å². The van der Waals surface area contributed by atoms with E-state index in [9.17, 15) is 18.0 Å². The topological polar surface area (TPSA) is 99.9 Å². The number of methoxy groups -OCH3 is 1. The summed E-state index contributed by atoms with van der Waals surface area (Å²) in [7, 11) is 3.69. The summed E-state index contributed by atoms with van der Waals surface area (Å²) in [6, 6.07) is 9.41. The van der Waals surface area contributed by atoms with Gasteiger partial charge in [-0.2, -0.15) is 13.2 Å². The molecule has 47 heavy (non-hydrogen) atoms. The molecule has 5 rings (SSSR count). The number of rotatable bonds is 11. The second-order valence-electron chi connectivity index (χ2n) is 11.8. The molecule has 4 aromatic rings. The number of ether oxygens (including phenoxy) is 1. The third-order valence-corrected chi connectivity index (χ3v) is 7.99. The maximum absolute atomic E-state index is 14.0. The summed E-state index contributed by atoms with van der Waals surface area (Å²) in [4.78, 5) is 25.7. The Labute approximate surface area is 272 Å². The molecule has 2 N–H and O–H groups in total. The van der Waals surface area contributed by atoms with Gasteiger partial charge in [0.15, 0.2) is 5.65 Å². The number of unbranched alkanes of at least 4 members (excludes halogenated alkanes) is 1. The van der Waals surface area contributed by atoms with Gasteiger partial charge in [0.25, 0.3) is 5.91 Å². The van der Waals surface area contributed by atoms with Crippen LogP contribution in [0, 0.1) is 11.8 Å². The lowest BCUT2D eigenvalue weighted by atomic mass is 10.0. The van der Waals surface area contributed by atoms with Gasteiger partial charge in [-0.15, -0.1) is 5.10 Å². The Morgan fingerprint density at radius 2 is 1.85 bits per heavy atom. The molecular formula is C34H39F3N8O2. The monoisotopic (exact) mass is 648 g/mol. The Bertz CT molecular complexity index is 1740. The molecule has 0 spiro atoms. The van der Waals surface area contributed by atoms with Crippen molar-refractivity contribution in [1.82, 2.24) is 29.4 Å². The molecule has 4 heterocycles. The van der Waals surface area contributed by atoms with Crippen LogP contribution in [-0.2, 0) is 17.5 Å². The van der Waals surface area contributed by atoms with Gasteiger partial charge in [-0.05, 0) is 75.0 Å². The van der Waals surface area contributed by atoms with Crippen molar-refractivity contribution in [2.45, 2.75) is 44.9 Å². The number of alkyl halides is 3. The van der Waals surface area contributed by atoms with Crippen LogP contribution in [0.2, 0.25) is 0 Å². The largest absolute Gasteiger partial charge is 0.416 e. The zero-order valence-electron chi connectivity index (χ0n) is 26.8. The van der Waals surface area contributed by atoms with Crippen LogP contribution in [-0.4, -0.2) is 88.3 Å². The number of carbonyl (C=O) groups is 1. The number of nitrogens with zero attached hydrogens (tertiary/aromatic N) is 6. The van der Waals surface area contributed by atoms with Gasteiger partial charge in [0.05, 0.1) is 17.3 Å². The molecule has 1 saturated heterocycles. The van der Waals surface area contributed by atoms with Gasteiger partial charge in [-0.3, -0.25) is 14.7 Å². The van der Waals surface area contributed by atoms with Crippen molar-refractivity contribution in [2.24, 2.45) is 0 Å². The van der Waals surface area contributed by atoms with E-state index in [2.05, 4.69) is 49.4 Å². The molecule has 1 unspecified atom stereocenters. The molecular weight excluding hydrogens is 609 g/mol. The lowest BCUT2D eigenvalue weighted by molar-refractivity contribution is -0.138. The molecule has 1 atom stereocenters. The third kappa shape index (κ3) is 9.28. The Balaban J connectivity index is 1.27. The van der Waals surface area contributed by atoms with E-state index in [4.69, 9.17) is 4.74 Å². The number of pyridine rings is 1. The SMILES string of the molecule is COCCCCC(C)Nc1ccc2ncc(C#Cc3cncc(C(=O)Nc4ccc(CN5CCN(C)CC5)c(C(F)(F)F)c4)c3)n2n1. The minimum atomic E-state index is -4.56. The summed E-state index contributed by atoms with van der Waals surface area (Å²) in [5, 5.41) is 10.6. The van der Waals surface area contributed by atoms with E-state index >= 15 is 0 Å². The highest BCUT2D eigenvalue weighted by Crippen LogP contribution is 2.34. The maximum Gasteiger partial charge on any atom is 0.416 e. The molecule has 3 aromatic heterocycles. The predicted octanol–water partition coefficient (Wildman–Crippen LogP) is 5.16. The summed E-state index contributed by atoms with van der Waals surface area (Å²) in [6.07, 6.45) is 2.91. The fraction of sp³-hybridized carbons (Fsp3) is 0.412. The summed E-state index contributed by atoms with van der Waals surface area (Å²) in [6.45, 7) is 6.03. The molecule has 1 aromatic carbocycles. The van der Waals surface area contributed by atoms with Crippen molar-refractivity contribution < 1.29 is 22.7 Å². The van der Waals surface area contributed by atoms with E-state index in [0.717, 1.165) is 45.0 Å². The normalized spacial score (nSPS) is 14.9. The highest BCUT2D eigenvalue weighted by molar-refractivity contribution is 6.04. The standard InChI is InChI=1S/C34H39F3N8O2/c1-24(6-4-5-17-47-3)40-31-11-12-32-39-22-29(45(32)42-31)10-7-25-18-27(21-38-20-25)33(46)41-28-9-8-26(30(19-28)34(35,36)37)23-44-15-13-43(2)14-16-44/h8-9,11-12,18-22,24H,4-6,13-17,23H2,1-3H3,(H,40,42)(H,41,46). The molecule has 1 amide bonds. The smallest absolute Gasteiger partial charge is 0.385 e. The first-order valence-electron chi connectivity index (χ1n) is 15.6. The van der Waals surface area contributed by atoms with Crippen LogP contribution in [0.1, 0.15) is 58.9 Å². The highest BCUT2D eigenvalue weighted by Gasteiger charge is 2.34. The van der Waals surface area contributed by atoms with Crippen molar-refractivity contribution in [3.8, 4) is 11.8 Å². The average Bonchev–Trinajstić information content (AvgIpc) is 3.45. The number of fused-ring (bicyclic) bond motifs is 1. The number of aromatic nitrogens is 4. The van der Waals surface area contributed by atoms with E-state index < -0.39 is 17.6 Å². The van der Waals surface area contributed by atoms with E-state index in [1.165, 1.54) is 30.6 Å². The first-order valence-corrected chi connectivity index (χ1v) is 15.6. The number of amides is 1. The van der Waals surface area contributed by atoms with Crippen molar-refractivity contribution in [1.29, 1.82) is 0 Å². The van der Waals surface area contributed by atoms with E-state index in [-0.39, 0.29) is 29.4 Å². The number of piperazine rings is 1. The minimum Gasteiger partial charge on any atom is -0.385 e. The van der Waals surface area contributed by atoms with Crippen molar-refractivity contribution >= 4 is 23.1 Å². The fourth-order valence-electron chi connectivity index (χ4n) is 5.33.